The Morgan fingerprint density at radius 3 is 2.93 bits per heavy atom. The van der Waals surface area contributed by atoms with Gasteiger partial charge in [0.05, 0.1) is 6.04 Å². The molecule has 1 N–H and O–H groups in total. The molecule has 1 heterocycles. The first-order valence-electron chi connectivity index (χ1n) is 5.42. The van der Waals surface area contributed by atoms with Crippen molar-refractivity contribution >= 4 is 23.1 Å². The van der Waals surface area contributed by atoms with Gasteiger partial charge in [0.2, 0.25) is 0 Å². The van der Waals surface area contributed by atoms with Gasteiger partial charge in [0.25, 0.3) is 0 Å². The number of hydrogen-bond acceptors (Lipinski definition) is 4. The molecular formula is C11H20N2S2. The third-order valence-electron chi connectivity index (χ3n) is 2.19. The fourth-order valence-electron chi connectivity index (χ4n) is 1.40. The van der Waals surface area contributed by atoms with E-state index in [1.165, 1.54) is 23.6 Å². The zero-order valence-corrected chi connectivity index (χ0v) is 11.4. The molecule has 2 nitrogen and oxygen atoms in total. The number of nitrogens with zero attached hydrogens (tertiary/aromatic N) is 1. The number of aromatic nitrogens is 1. The van der Waals surface area contributed by atoms with Gasteiger partial charge < -0.3 is 5.32 Å². The van der Waals surface area contributed by atoms with Crippen molar-refractivity contribution in [2.24, 2.45) is 0 Å². The summed E-state index contributed by atoms with van der Waals surface area (Å²) in [6, 6.07) is 0.455. The lowest BCUT2D eigenvalue weighted by molar-refractivity contribution is 0.519. The fraction of sp³-hybridized carbons (Fsp3) is 0.727. The van der Waals surface area contributed by atoms with Gasteiger partial charge in [0.1, 0.15) is 5.01 Å². The van der Waals surface area contributed by atoms with Gasteiger partial charge in [-0.3, -0.25) is 0 Å². The topological polar surface area (TPSA) is 24.9 Å². The van der Waals surface area contributed by atoms with Gasteiger partial charge in [0.15, 0.2) is 0 Å². The van der Waals surface area contributed by atoms with Crippen LogP contribution in [0.1, 0.15) is 36.5 Å². The van der Waals surface area contributed by atoms with Gasteiger partial charge in [-0.2, -0.15) is 11.8 Å². The molecule has 0 saturated carbocycles. The van der Waals surface area contributed by atoms with Gasteiger partial charge in [-0.05, 0) is 38.3 Å². The van der Waals surface area contributed by atoms with Crippen molar-refractivity contribution < 1.29 is 0 Å². The van der Waals surface area contributed by atoms with Gasteiger partial charge in [-0.25, -0.2) is 4.98 Å². The van der Waals surface area contributed by atoms with E-state index in [2.05, 4.69) is 35.8 Å². The van der Waals surface area contributed by atoms with Crippen LogP contribution in [-0.2, 0) is 0 Å². The summed E-state index contributed by atoms with van der Waals surface area (Å²) in [7, 11) is 0. The first kappa shape index (κ1) is 13.0. The van der Waals surface area contributed by atoms with E-state index in [1.807, 2.05) is 11.8 Å². The number of thioether (sulfide) groups is 1. The lowest BCUT2D eigenvalue weighted by atomic mass is 10.2. The highest BCUT2D eigenvalue weighted by molar-refractivity contribution is 7.98. The fourth-order valence-corrected chi connectivity index (χ4v) is 2.78. The van der Waals surface area contributed by atoms with Crippen LogP contribution < -0.4 is 5.32 Å². The quantitative estimate of drug-likeness (QED) is 0.797. The molecule has 0 saturated heterocycles. The maximum absolute atomic E-state index is 4.56. The van der Waals surface area contributed by atoms with Crippen molar-refractivity contribution in [2.75, 3.05) is 18.6 Å². The van der Waals surface area contributed by atoms with E-state index >= 15 is 0 Å². The molecule has 1 atom stereocenters. The smallest absolute Gasteiger partial charge is 0.110 e. The summed E-state index contributed by atoms with van der Waals surface area (Å²) in [5.41, 5.74) is 1.14. The molecule has 1 unspecified atom stereocenters. The maximum atomic E-state index is 4.56. The predicted octanol–water partition coefficient (Wildman–Crippen LogP) is 3.25. The zero-order chi connectivity index (χ0) is 11.1. The Hall–Kier alpha value is -0.0600. The average Bonchev–Trinajstić information content (AvgIpc) is 2.65. The highest BCUT2D eigenvalue weighted by Gasteiger charge is 2.13. The van der Waals surface area contributed by atoms with Crippen LogP contribution in [-0.4, -0.2) is 23.5 Å². The van der Waals surface area contributed by atoms with Crippen molar-refractivity contribution in [3.05, 3.63) is 16.1 Å². The third kappa shape index (κ3) is 4.53. The minimum atomic E-state index is 0.455. The number of hydrogen-bond donors (Lipinski definition) is 1. The van der Waals surface area contributed by atoms with E-state index in [-0.39, 0.29) is 0 Å². The molecule has 0 fully saturated rings. The van der Waals surface area contributed by atoms with E-state index in [1.54, 1.807) is 11.3 Å². The summed E-state index contributed by atoms with van der Waals surface area (Å²) in [5.74, 6) is 1.19. The second kappa shape index (κ2) is 7.25. The number of thiazole rings is 1. The summed E-state index contributed by atoms with van der Waals surface area (Å²) in [6.45, 7) is 5.34. The summed E-state index contributed by atoms with van der Waals surface area (Å²) >= 11 is 3.68. The van der Waals surface area contributed by atoms with Crippen molar-refractivity contribution in [1.29, 1.82) is 0 Å². The van der Waals surface area contributed by atoms with Crippen LogP contribution in [0.4, 0.5) is 0 Å². The summed E-state index contributed by atoms with van der Waals surface area (Å²) in [4.78, 5) is 4.56. The van der Waals surface area contributed by atoms with Crippen LogP contribution in [0.15, 0.2) is 5.38 Å². The molecule has 86 valence electrons. The van der Waals surface area contributed by atoms with Gasteiger partial charge in [0, 0.05) is 11.1 Å². The van der Waals surface area contributed by atoms with Crippen LogP contribution >= 0.6 is 23.1 Å². The highest BCUT2D eigenvalue weighted by atomic mass is 32.2. The maximum Gasteiger partial charge on any atom is 0.110 e. The molecule has 0 spiro atoms. The molecule has 0 aliphatic rings. The number of rotatable bonds is 7. The first-order valence-corrected chi connectivity index (χ1v) is 7.69. The Morgan fingerprint density at radius 2 is 2.40 bits per heavy atom. The SMILES string of the molecule is CCCNC(CCSC)c1nc(C)cs1. The van der Waals surface area contributed by atoms with Crippen LogP contribution in [0, 0.1) is 6.92 Å². The lowest BCUT2D eigenvalue weighted by Crippen LogP contribution is -2.22. The Kier molecular flexibility index (Phi) is 6.29. The molecule has 0 amide bonds. The normalized spacial score (nSPS) is 13.0. The number of nitrogens with one attached hydrogen (secondary N) is 1. The van der Waals surface area contributed by atoms with Crippen molar-refractivity contribution in [3.63, 3.8) is 0 Å². The molecule has 0 aliphatic heterocycles. The van der Waals surface area contributed by atoms with Crippen LogP contribution in [0.3, 0.4) is 0 Å². The molecule has 15 heavy (non-hydrogen) atoms. The Balaban J connectivity index is 2.54. The molecule has 0 aromatic carbocycles. The van der Waals surface area contributed by atoms with Crippen LogP contribution in [0.2, 0.25) is 0 Å². The summed E-state index contributed by atoms with van der Waals surface area (Å²) in [5, 5.41) is 6.95. The van der Waals surface area contributed by atoms with E-state index in [0.717, 1.165) is 12.2 Å². The lowest BCUT2D eigenvalue weighted by Gasteiger charge is -2.15. The van der Waals surface area contributed by atoms with E-state index < -0.39 is 0 Å². The molecule has 0 radical (unpaired) electrons. The predicted molar refractivity (Wildman–Crippen MR) is 70.9 cm³/mol. The Morgan fingerprint density at radius 1 is 1.60 bits per heavy atom. The molecule has 1 aromatic heterocycles. The van der Waals surface area contributed by atoms with E-state index in [0.29, 0.717) is 6.04 Å². The summed E-state index contributed by atoms with van der Waals surface area (Å²) < 4.78 is 0. The average molecular weight is 244 g/mol. The molecule has 1 aromatic rings. The first-order chi connectivity index (χ1) is 7.27. The van der Waals surface area contributed by atoms with Gasteiger partial charge in [-0.15, -0.1) is 11.3 Å². The zero-order valence-electron chi connectivity index (χ0n) is 9.75. The van der Waals surface area contributed by atoms with Gasteiger partial charge in [-0.1, -0.05) is 6.92 Å². The third-order valence-corrected chi connectivity index (χ3v) is 3.91. The second-order valence-corrected chi connectivity index (χ2v) is 5.49. The highest BCUT2D eigenvalue weighted by Crippen LogP contribution is 2.22. The molecule has 0 bridgehead atoms. The monoisotopic (exact) mass is 244 g/mol. The van der Waals surface area contributed by atoms with Crippen LogP contribution in [0.5, 0.6) is 0 Å². The summed E-state index contributed by atoms with van der Waals surface area (Å²) in [6.07, 6.45) is 4.51. The van der Waals surface area contributed by atoms with Gasteiger partial charge >= 0.3 is 0 Å². The Labute approximate surface area is 101 Å². The minimum absolute atomic E-state index is 0.455. The second-order valence-electron chi connectivity index (χ2n) is 3.62. The molecule has 0 aliphatic carbocycles. The van der Waals surface area contributed by atoms with Crippen molar-refractivity contribution in [1.82, 2.24) is 10.3 Å². The van der Waals surface area contributed by atoms with Crippen LogP contribution in [0.25, 0.3) is 0 Å². The standard InChI is InChI=1S/C11H20N2S2/c1-4-6-12-10(5-7-14-3)11-13-9(2)8-15-11/h8,10,12H,4-7H2,1-3H3. The minimum Gasteiger partial charge on any atom is -0.308 e. The van der Waals surface area contributed by atoms with Crippen molar-refractivity contribution in [3.8, 4) is 0 Å². The molecular weight excluding hydrogens is 224 g/mol. The van der Waals surface area contributed by atoms with Crippen molar-refractivity contribution in [2.45, 2.75) is 32.7 Å². The molecule has 4 heteroatoms. The Bertz CT molecular complexity index is 265. The largest absolute Gasteiger partial charge is 0.308 e. The number of aryl methyl sites for hydroxylation is 1. The van der Waals surface area contributed by atoms with E-state index in [9.17, 15) is 0 Å². The van der Waals surface area contributed by atoms with E-state index in [4.69, 9.17) is 0 Å². The molecule has 1 rings (SSSR count).